The van der Waals surface area contributed by atoms with Gasteiger partial charge in [-0.3, -0.25) is 9.59 Å². The lowest BCUT2D eigenvalue weighted by atomic mass is 9.46. The smallest absolute Gasteiger partial charge is 0.159 e. The number of hydrogen-bond donors (Lipinski definition) is 0. The lowest BCUT2D eigenvalue weighted by molar-refractivity contribution is -0.131. The number of carbonyl (C=O) groups excluding carboxylic acids is 2. The van der Waals surface area contributed by atoms with Gasteiger partial charge in [-0.1, -0.05) is 46.8 Å². The highest BCUT2D eigenvalue weighted by Gasteiger charge is 2.60. The molecule has 0 aromatic rings. The van der Waals surface area contributed by atoms with Crippen LogP contribution in [0, 0.1) is 46.3 Å². The highest BCUT2D eigenvalue weighted by atomic mass is 16.1. The Morgan fingerprint density at radius 3 is 2.58 bits per heavy atom. The van der Waals surface area contributed by atoms with Crippen molar-refractivity contribution in [2.75, 3.05) is 0 Å². The van der Waals surface area contributed by atoms with Gasteiger partial charge in [0, 0.05) is 18.4 Å². The quantitative estimate of drug-likeness (QED) is 0.418. The third-order valence-electron chi connectivity index (χ3n) is 10.8. The second-order valence-corrected chi connectivity index (χ2v) is 12.2. The highest BCUT2D eigenvalue weighted by Crippen LogP contribution is 2.67. The van der Waals surface area contributed by atoms with Crippen LogP contribution in [0.25, 0.3) is 0 Å². The van der Waals surface area contributed by atoms with Crippen LogP contribution in [0.3, 0.4) is 0 Å². The summed E-state index contributed by atoms with van der Waals surface area (Å²) in [6.45, 7) is 16.3. The summed E-state index contributed by atoms with van der Waals surface area (Å²) in [5.74, 6) is 4.36. The molecule has 0 heterocycles. The monoisotopic (exact) mass is 424 g/mol. The third kappa shape index (κ3) is 3.70. The van der Waals surface area contributed by atoms with E-state index in [4.69, 9.17) is 0 Å². The lowest BCUT2D eigenvalue weighted by Gasteiger charge is -2.57. The molecule has 0 bridgehead atoms. The van der Waals surface area contributed by atoms with E-state index in [0.717, 1.165) is 30.3 Å². The summed E-state index contributed by atoms with van der Waals surface area (Å²) < 4.78 is 0. The maximum Gasteiger partial charge on any atom is 0.159 e. The Bertz CT molecular complexity index is 791. The van der Waals surface area contributed by atoms with Gasteiger partial charge in [0.15, 0.2) is 11.6 Å². The van der Waals surface area contributed by atoms with E-state index in [1.807, 2.05) is 0 Å². The predicted molar refractivity (Wildman–Crippen MR) is 128 cm³/mol. The van der Waals surface area contributed by atoms with E-state index >= 15 is 0 Å². The number of allylic oxidation sites excluding steroid dienone is 2. The Morgan fingerprint density at radius 1 is 1.13 bits per heavy atom. The van der Waals surface area contributed by atoms with Crippen molar-refractivity contribution in [3.8, 4) is 0 Å². The molecule has 8 atom stereocenters. The fraction of sp³-hybridized carbons (Fsp3) is 0.793. The number of ketones is 2. The van der Waals surface area contributed by atoms with Gasteiger partial charge in [-0.05, 0) is 104 Å². The van der Waals surface area contributed by atoms with E-state index in [0.29, 0.717) is 41.9 Å². The molecule has 3 saturated carbocycles. The Morgan fingerprint density at radius 2 is 1.87 bits per heavy atom. The van der Waals surface area contributed by atoms with Gasteiger partial charge in [-0.25, -0.2) is 0 Å². The van der Waals surface area contributed by atoms with Crippen LogP contribution in [0.15, 0.2) is 23.8 Å². The normalized spacial score (nSPS) is 41.6. The van der Waals surface area contributed by atoms with Crippen LogP contribution >= 0.6 is 0 Å². The second kappa shape index (κ2) is 8.31. The Hall–Kier alpha value is -1.18. The predicted octanol–water partition coefficient (Wildman–Crippen LogP) is 7.33. The molecule has 0 spiro atoms. The topological polar surface area (TPSA) is 34.1 Å². The maximum atomic E-state index is 13.2. The average Bonchev–Trinajstić information content (AvgIpc) is 3.10. The number of fused-ring (bicyclic) bond motifs is 5. The molecule has 0 radical (unpaired) electrons. The van der Waals surface area contributed by atoms with Crippen LogP contribution < -0.4 is 0 Å². The Labute approximate surface area is 190 Å². The first-order chi connectivity index (χ1) is 14.6. The molecule has 1 unspecified atom stereocenters. The summed E-state index contributed by atoms with van der Waals surface area (Å²) in [5, 5.41) is 0. The average molecular weight is 425 g/mol. The fourth-order valence-electron chi connectivity index (χ4n) is 8.51. The van der Waals surface area contributed by atoms with Crippen molar-refractivity contribution in [1.29, 1.82) is 0 Å². The molecule has 4 aliphatic carbocycles. The van der Waals surface area contributed by atoms with Gasteiger partial charge < -0.3 is 0 Å². The van der Waals surface area contributed by atoms with Gasteiger partial charge in [-0.15, -0.1) is 0 Å². The molecule has 0 aromatic heterocycles. The molecule has 4 rings (SSSR count). The summed E-state index contributed by atoms with van der Waals surface area (Å²) in [6, 6.07) is 0. The molecular weight excluding hydrogens is 380 g/mol. The number of hydrogen-bond acceptors (Lipinski definition) is 2. The summed E-state index contributed by atoms with van der Waals surface area (Å²) in [7, 11) is 0. The molecule has 2 nitrogen and oxygen atoms in total. The molecular formula is C29H44O2. The molecule has 172 valence electrons. The maximum absolute atomic E-state index is 13.2. The van der Waals surface area contributed by atoms with Gasteiger partial charge >= 0.3 is 0 Å². The largest absolute Gasteiger partial charge is 0.295 e. The number of rotatable bonds is 6. The summed E-state index contributed by atoms with van der Waals surface area (Å²) in [4.78, 5) is 25.2. The van der Waals surface area contributed by atoms with Gasteiger partial charge in [0.2, 0.25) is 0 Å². The van der Waals surface area contributed by atoms with Crippen molar-refractivity contribution >= 4 is 11.6 Å². The van der Waals surface area contributed by atoms with E-state index in [9.17, 15) is 9.59 Å². The minimum atomic E-state index is -0.0625. The molecule has 2 heteroatoms. The van der Waals surface area contributed by atoms with E-state index in [-0.39, 0.29) is 17.0 Å². The summed E-state index contributed by atoms with van der Waals surface area (Å²) >= 11 is 0. The van der Waals surface area contributed by atoms with Crippen molar-refractivity contribution in [3.63, 3.8) is 0 Å². The van der Waals surface area contributed by atoms with Crippen molar-refractivity contribution in [1.82, 2.24) is 0 Å². The standard InChI is InChI=1S/C29H44O2/c1-7-18(2)19(3)8-9-20(4)23-10-11-24-22-17-27(31)26-16-21(30)12-14-29(26,6)25(22)13-15-28(23,24)5/h16,18,20,22-25H,3,7-15,17H2,1-2,4-6H3/t18?,20-,22+,23-,24+,25+,28-,29-/m1/s1. The zero-order valence-electron chi connectivity index (χ0n) is 20.6. The molecule has 31 heavy (non-hydrogen) atoms. The van der Waals surface area contributed by atoms with Crippen molar-refractivity contribution in [2.24, 2.45) is 46.3 Å². The molecule has 3 fully saturated rings. The molecule has 0 saturated heterocycles. The minimum Gasteiger partial charge on any atom is -0.295 e. The van der Waals surface area contributed by atoms with Gasteiger partial charge in [0.1, 0.15) is 0 Å². The summed E-state index contributed by atoms with van der Waals surface area (Å²) in [6.07, 6.45) is 12.7. The minimum absolute atomic E-state index is 0.0625. The zero-order chi connectivity index (χ0) is 22.6. The van der Waals surface area contributed by atoms with E-state index in [2.05, 4.69) is 41.2 Å². The van der Waals surface area contributed by atoms with E-state index < -0.39 is 0 Å². The van der Waals surface area contributed by atoms with E-state index in [1.54, 1.807) is 6.08 Å². The van der Waals surface area contributed by atoms with Gasteiger partial charge in [-0.2, -0.15) is 0 Å². The highest BCUT2D eigenvalue weighted by molar-refractivity contribution is 6.05. The van der Waals surface area contributed by atoms with Crippen LogP contribution in [0.4, 0.5) is 0 Å². The van der Waals surface area contributed by atoms with Crippen LogP contribution in [0.1, 0.15) is 98.8 Å². The lowest BCUT2D eigenvalue weighted by Crippen LogP contribution is -2.53. The molecule has 0 aliphatic heterocycles. The molecule has 0 N–H and O–H groups in total. The van der Waals surface area contributed by atoms with Crippen LogP contribution in [-0.2, 0) is 9.59 Å². The van der Waals surface area contributed by atoms with Crippen molar-refractivity contribution < 1.29 is 9.59 Å². The second-order valence-electron chi connectivity index (χ2n) is 12.2. The first-order valence-electron chi connectivity index (χ1n) is 13.1. The first kappa shape index (κ1) is 23.0. The van der Waals surface area contributed by atoms with Crippen LogP contribution in [0.2, 0.25) is 0 Å². The van der Waals surface area contributed by atoms with Crippen molar-refractivity contribution in [2.45, 2.75) is 98.8 Å². The summed E-state index contributed by atoms with van der Waals surface area (Å²) in [5.41, 5.74) is 2.61. The third-order valence-corrected chi connectivity index (χ3v) is 10.8. The van der Waals surface area contributed by atoms with Crippen LogP contribution in [-0.4, -0.2) is 11.6 Å². The molecule has 0 amide bonds. The molecule has 4 aliphatic rings. The molecule has 0 aromatic carbocycles. The zero-order valence-corrected chi connectivity index (χ0v) is 20.6. The Balaban J connectivity index is 1.51. The van der Waals surface area contributed by atoms with E-state index in [1.165, 1.54) is 44.1 Å². The van der Waals surface area contributed by atoms with Crippen molar-refractivity contribution in [3.05, 3.63) is 23.8 Å². The van der Waals surface area contributed by atoms with Gasteiger partial charge in [0.25, 0.3) is 0 Å². The van der Waals surface area contributed by atoms with Gasteiger partial charge in [0.05, 0.1) is 0 Å². The first-order valence-corrected chi connectivity index (χ1v) is 13.1. The SMILES string of the molecule is C=C(CC[C@@H](C)[C@H]1CC[C@H]2[C@@H]3CC(=O)C4=CC(=O)CC[C@]4(C)[C@H]3CC[C@]12C)C(C)CC. The number of Topliss-reactive ketones (excluding diaryl/α,β-unsaturated/α-hetero) is 1. The van der Waals surface area contributed by atoms with Crippen LogP contribution in [0.5, 0.6) is 0 Å². The Kier molecular flexibility index (Phi) is 6.16. The fourth-order valence-corrected chi connectivity index (χ4v) is 8.51. The number of carbonyl (C=O) groups is 2.